The third kappa shape index (κ3) is 4.94. The van der Waals surface area contributed by atoms with Gasteiger partial charge in [0.15, 0.2) is 6.61 Å². The average Bonchev–Trinajstić information content (AvgIpc) is 2.73. The fourth-order valence-electron chi connectivity index (χ4n) is 2.96. The summed E-state index contributed by atoms with van der Waals surface area (Å²) in [5.41, 5.74) is 0.460. The molecule has 0 atom stereocenters. The average molecular weight is 396 g/mol. The second-order valence-electron chi connectivity index (χ2n) is 6.29. The molecule has 0 radical (unpaired) electrons. The molecule has 0 aliphatic heterocycles. The minimum absolute atomic E-state index is 0.125. The fraction of sp³-hybridized carbons (Fsp3) is 0.273. The summed E-state index contributed by atoms with van der Waals surface area (Å²) in [5, 5.41) is 3.98. The molecular formula is C22H24N2O5. The number of amides is 1. The zero-order valence-corrected chi connectivity index (χ0v) is 16.5. The Morgan fingerprint density at radius 3 is 2.59 bits per heavy atom. The number of carbonyl (C=O) groups excluding carboxylic acids is 1. The molecule has 29 heavy (non-hydrogen) atoms. The molecule has 3 aromatic rings. The highest BCUT2D eigenvalue weighted by molar-refractivity contribution is 5.94. The minimum Gasteiger partial charge on any atom is -0.492 e. The lowest BCUT2D eigenvalue weighted by Crippen LogP contribution is -2.22. The summed E-state index contributed by atoms with van der Waals surface area (Å²) in [7, 11) is 1.59. The first-order valence-corrected chi connectivity index (χ1v) is 9.39. The predicted molar refractivity (Wildman–Crippen MR) is 112 cm³/mol. The van der Waals surface area contributed by atoms with Crippen LogP contribution in [0.3, 0.4) is 0 Å². The van der Waals surface area contributed by atoms with Gasteiger partial charge >= 0.3 is 0 Å². The van der Waals surface area contributed by atoms with Gasteiger partial charge in [-0.05, 0) is 37.3 Å². The largest absolute Gasteiger partial charge is 0.492 e. The molecule has 0 aliphatic carbocycles. The van der Waals surface area contributed by atoms with E-state index in [9.17, 15) is 9.59 Å². The maximum Gasteiger partial charge on any atom is 0.262 e. The number of nitrogens with one attached hydrogen (secondary N) is 1. The fourth-order valence-corrected chi connectivity index (χ4v) is 2.96. The molecule has 0 fully saturated rings. The second kappa shape index (κ2) is 9.75. The van der Waals surface area contributed by atoms with E-state index in [4.69, 9.17) is 14.2 Å². The zero-order chi connectivity index (χ0) is 20.6. The number of nitrogens with zero attached hydrogens (tertiary/aromatic N) is 1. The van der Waals surface area contributed by atoms with E-state index in [-0.39, 0.29) is 18.1 Å². The lowest BCUT2D eigenvalue weighted by atomic mass is 10.1. The van der Waals surface area contributed by atoms with Gasteiger partial charge in [0, 0.05) is 25.2 Å². The molecule has 0 bridgehead atoms. The van der Waals surface area contributed by atoms with Gasteiger partial charge in [-0.25, -0.2) is 0 Å². The molecule has 0 aliphatic rings. The van der Waals surface area contributed by atoms with E-state index in [1.165, 1.54) is 0 Å². The van der Waals surface area contributed by atoms with E-state index < -0.39 is 0 Å². The molecule has 0 saturated carbocycles. The Bertz CT molecular complexity index is 1040. The summed E-state index contributed by atoms with van der Waals surface area (Å²) in [5.74, 6) is 0.763. The number of para-hydroxylation sites is 2. The molecule has 152 valence electrons. The molecule has 1 amide bonds. The molecule has 1 heterocycles. The van der Waals surface area contributed by atoms with Crippen molar-refractivity contribution in [2.45, 2.75) is 13.5 Å². The van der Waals surface area contributed by atoms with Crippen molar-refractivity contribution in [1.29, 1.82) is 0 Å². The van der Waals surface area contributed by atoms with Crippen molar-refractivity contribution in [2.24, 2.45) is 0 Å². The van der Waals surface area contributed by atoms with E-state index in [2.05, 4.69) is 5.32 Å². The highest BCUT2D eigenvalue weighted by Crippen LogP contribution is 2.25. The van der Waals surface area contributed by atoms with E-state index >= 15 is 0 Å². The van der Waals surface area contributed by atoms with Crippen molar-refractivity contribution >= 4 is 22.4 Å². The van der Waals surface area contributed by atoms with Crippen LogP contribution in [0.15, 0.2) is 59.5 Å². The third-order valence-electron chi connectivity index (χ3n) is 4.33. The van der Waals surface area contributed by atoms with Crippen LogP contribution in [0.4, 0.5) is 5.69 Å². The van der Waals surface area contributed by atoms with Crippen molar-refractivity contribution in [3.63, 3.8) is 0 Å². The number of methoxy groups -OCH3 is 1. The molecule has 3 rings (SSSR count). The Balaban J connectivity index is 1.73. The van der Waals surface area contributed by atoms with E-state index in [1.54, 1.807) is 48.2 Å². The van der Waals surface area contributed by atoms with Gasteiger partial charge < -0.3 is 24.1 Å². The summed E-state index contributed by atoms with van der Waals surface area (Å²) in [4.78, 5) is 25.0. The number of ether oxygens (including phenoxy) is 3. The van der Waals surface area contributed by atoms with Crippen LogP contribution < -0.4 is 20.3 Å². The number of fused-ring (bicyclic) bond motifs is 1. The normalized spacial score (nSPS) is 10.7. The Kier molecular flexibility index (Phi) is 6.86. The van der Waals surface area contributed by atoms with Gasteiger partial charge in [0.25, 0.3) is 11.5 Å². The molecule has 2 aromatic carbocycles. The molecule has 7 nitrogen and oxygen atoms in total. The van der Waals surface area contributed by atoms with E-state index in [0.29, 0.717) is 47.7 Å². The number of benzene rings is 2. The van der Waals surface area contributed by atoms with Gasteiger partial charge in [0.1, 0.15) is 11.5 Å². The van der Waals surface area contributed by atoms with Gasteiger partial charge in [0.2, 0.25) is 0 Å². The Morgan fingerprint density at radius 1 is 1.00 bits per heavy atom. The van der Waals surface area contributed by atoms with Crippen molar-refractivity contribution in [3.8, 4) is 11.5 Å². The summed E-state index contributed by atoms with van der Waals surface area (Å²) >= 11 is 0. The minimum atomic E-state index is -0.317. The highest BCUT2D eigenvalue weighted by atomic mass is 16.5. The van der Waals surface area contributed by atoms with Gasteiger partial charge in [-0.15, -0.1) is 0 Å². The first-order valence-electron chi connectivity index (χ1n) is 9.39. The number of aromatic nitrogens is 1. The third-order valence-corrected chi connectivity index (χ3v) is 4.33. The number of rotatable bonds is 9. The molecular weight excluding hydrogens is 372 g/mol. The SMILES string of the molecule is CCOc1ccccc1NC(=O)COc1cccc2c(=O)n(CCOC)ccc12. The summed E-state index contributed by atoms with van der Waals surface area (Å²) in [6, 6.07) is 14.2. The van der Waals surface area contributed by atoms with Crippen LogP contribution in [-0.2, 0) is 16.1 Å². The smallest absolute Gasteiger partial charge is 0.262 e. The van der Waals surface area contributed by atoms with Gasteiger partial charge in [-0.1, -0.05) is 18.2 Å². The number of hydrogen-bond donors (Lipinski definition) is 1. The summed E-state index contributed by atoms with van der Waals surface area (Å²) < 4.78 is 17.8. The van der Waals surface area contributed by atoms with Crippen LogP contribution >= 0.6 is 0 Å². The number of hydrogen-bond acceptors (Lipinski definition) is 5. The number of pyridine rings is 1. The van der Waals surface area contributed by atoms with Crippen molar-refractivity contribution in [3.05, 3.63) is 65.1 Å². The van der Waals surface area contributed by atoms with Gasteiger partial charge in [0.05, 0.1) is 24.3 Å². The first kappa shape index (κ1) is 20.4. The predicted octanol–water partition coefficient (Wildman–Crippen LogP) is 3.06. The monoisotopic (exact) mass is 396 g/mol. The maximum atomic E-state index is 12.6. The van der Waals surface area contributed by atoms with Crippen LogP contribution in [0.2, 0.25) is 0 Å². The van der Waals surface area contributed by atoms with Crippen LogP contribution in [0, 0.1) is 0 Å². The Labute approximate surface area is 168 Å². The van der Waals surface area contributed by atoms with E-state index in [1.807, 2.05) is 25.1 Å². The quantitative estimate of drug-likeness (QED) is 0.601. The Hall–Kier alpha value is -3.32. The van der Waals surface area contributed by atoms with Crippen molar-refractivity contribution < 1.29 is 19.0 Å². The molecule has 1 N–H and O–H groups in total. The van der Waals surface area contributed by atoms with Crippen molar-refractivity contribution in [2.75, 3.05) is 32.2 Å². The highest BCUT2D eigenvalue weighted by Gasteiger charge is 2.11. The molecule has 0 unspecified atom stereocenters. The van der Waals surface area contributed by atoms with Gasteiger partial charge in [-0.3, -0.25) is 9.59 Å². The number of anilines is 1. The lowest BCUT2D eigenvalue weighted by Gasteiger charge is -2.13. The summed E-state index contributed by atoms with van der Waals surface area (Å²) in [6.07, 6.45) is 1.70. The van der Waals surface area contributed by atoms with Crippen LogP contribution in [0.5, 0.6) is 11.5 Å². The van der Waals surface area contributed by atoms with Crippen molar-refractivity contribution in [1.82, 2.24) is 4.57 Å². The van der Waals surface area contributed by atoms with E-state index in [0.717, 1.165) is 0 Å². The zero-order valence-electron chi connectivity index (χ0n) is 16.5. The maximum absolute atomic E-state index is 12.6. The van der Waals surface area contributed by atoms with Crippen LogP contribution in [0.25, 0.3) is 10.8 Å². The van der Waals surface area contributed by atoms with Crippen LogP contribution in [-0.4, -0.2) is 37.4 Å². The Morgan fingerprint density at radius 2 is 1.79 bits per heavy atom. The summed E-state index contributed by atoms with van der Waals surface area (Å²) in [6.45, 7) is 3.11. The second-order valence-corrected chi connectivity index (χ2v) is 6.29. The standard InChI is InChI=1S/C22H24N2O5/c1-3-28-20-9-5-4-8-18(20)23-21(25)15-29-19-10-6-7-17-16(19)11-12-24(22(17)26)13-14-27-2/h4-12H,3,13-15H2,1-2H3,(H,23,25). The molecule has 1 aromatic heterocycles. The topological polar surface area (TPSA) is 78.8 Å². The first-order chi connectivity index (χ1) is 14.1. The molecule has 0 saturated heterocycles. The molecule has 0 spiro atoms. The lowest BCUT2D eigenvalue weighted by molar-refractivity contribution is -0.118. The van der Waals surface area contributed by atoms with Gasteiger partial charge in [-0.2, -0.15) is 0 Å². The molecule has 7 heteroatoms. The van der Waals surface area contributed by atoms with Crippen LogP contribution in [0.1, 0.15) is 6.92 Å². The number of carbonyl (C=O) groups is 1.